The fourth-order valence-corrected chi connectivity index (χ4v) is 7.95. The Labute approximate surface area is 289 Å². The molecule has 3 fully saturated rings. The van der Waals surface area contributed by atoms with E-state index in [-0.39, 0.29) is 30.9 Å². The van der Waals surface area contributed by atoms with E-state index in [0.29, 0.717) is 18.4 Å². The number of alkyl carbamates (subject to hydrolysis) is 1. The number of hydrogen-bond acceptors (Lipinski definition) is 9. The summed E-state index contributed by atoms with van der Waals surface area (Å²) in [5.41, 5.74) is -0.501. The van der Waals surface area contributed by atoms with Crippen molar-refractivity contribution in [3.05, 3.63) is 45.5 Å². The number of aliphatic carboxylic acids is 1. The topological polar surface area (TPSA) is 163 Å². The zero-order chi connectivity index (χ0) is 34.9. The van der Waals surface area contributed by atoms with Gasteiger partial charge in [0.05, 0.1) is 23.5 Å². The molecule has 1 aliphatic carbocycles. The number of carboxylic acids is 1. The van der Waals surface area contributed by atoms with Gasteiger partial charge in [-0.25, -0.2) is 14.3 Å². The van der Waals surface area contributed by atoms with Crippen LogP contribution in [0.25, 0.3) is 11.1 Å². The first kappa shape index (κ1) is 34.7. The molecular weight excluding hydrogens is 648 g/mol. The van der Waals surface area contributed by atoms with E-state index in [9.17, 15) is 29.1 Å². The first-order chi connectivity index (χ1) is 23.4. The molecule has 3 aliphatic heterocycles. The van der Waals surface area contributed by atoms with Gasteiger partial charge in [-0.2, -0.15) is 16.4 Å². The molecule has 49 heavy (non-hydrogen) atoms. The number of allylic oxidation sites excluding steroid dienone is 1. The van der Waals surface area contributed by atoms with Crippen LogP contribution in [0.2, 0.25) is 0 Å². The number of carbonyl (C=O) groups is 4. The van der Waals surface area contributed by atoms with E-state index in [1.165, 1.54) is 20.9 Å². The molecule has 2 saturated heterocycles. The SMILES string of the molecule is CC(C)(C)OC(=O)N[C@H]1CCCCCC=C[C@@H]2C[C@@]2(C(=O)O)NC(=O)[C@@H]2C[C@@H](n3ncc(N4CCCC4)c(-c4ccsc4)c3=O)CN2C1=O. The average Bonchev–Trinajstić information content (AvgIpc) is 3.56. The zero-order valence-corrected chi connectivity index (χ0v) is 29.2. The molecule has 5 atom stereocenters. The van der Waals surface area contributed by atoms with Crippen molar-refractivity contribution < 1.29 is 29.0 Å². The number of hydrogen-bond donors (Lipinski definition) is 3. The van der Waals surface area contributed by atoms with Crippen LogP contribution in [0.4, 0.5) is 10.5 Å². The van der Waals surface area contributed by atoms with E-state index in [1.807, 2.05) is 29.0 Å². The molecule has 6 rings (SSSR count). The van der Waals surface area contributed by atoms with E-state index in [0.717, 1.165) is 56.4 Å². The molecule has 13 nitrogen and oxygen atoms in total. The van der Waals surface area contributed by atoms with Crippen LogP contribution in [0.3, 0.4) is 0 Å². The highest BCUT2D eigenvalue weighted by molar-refractivity contribution is 7.08. The van der Waals surface area contributed by atoms with Gasteiger partial charge in [-0.05, 0) is 76.1 Å². The molecule has 3 amide bonds. The van der Waals surface area contributed by atoms with E-state index in [4.69, 9.17) is 4.74 Å². The number of amides is 3. The fourth-order valence-electron chi connectivity index (χ4n) is 7.30. The largest absolute Gasteiger partial charge is 0.479 e. The standard InChI is InChI=1S/C35H46N6O7S/c1-34(2,3)48-33(47)37-25-12-8-6-4-5-7-11-23-18-35(23,32(45)46)38-29(42)26-17-24(20-40(26)30(25)43)41-31(44)28(22-13-16-49-21-22)27(19-36-41)39-14-9-10-15-39/h7,11,13,16,19,21,23-26H,4-6,8-10,12,14-15,17-18,20H2,1-3H3,(H,37,47)(H,38,42)(H,45,46)/t23-,24-,25+,26+,35-/m1/s1. The number of fused-ring (bicyclic) bond motifs is 2. The Morgan fingerprint density at radius 3 is 2.59 bits per heavy atom. The number of nitrogens with one attached hydrogen (secondary N) is 2. The Kier molecular flexibility index (Phi) is 9.88. The number of anilines is 1. The lowest BCUT2D eigenvalue weighted by Gasteiger charge is -2.30. The van der Waals surface area contributed by atoms with Crippen LogP contribution in [0, 0.1) is 5.92 Å². The minimum Gasteiger partial charge on any atom is -0.479 e. The molecule has 0 unspecified atom stereocenters. The molecule has 4 aliphatic rings. The van der Waals surface area contributed by atoms with Crippen LogP contribution < -0.4 is 21.1 Å². The quantitative estimate of drug-likeness (QED) is 0.392. The first-order valence-electron chi connectivity index (χ1n) is 17.3. The summed E-state index contributed by atoms with van der Waals surface area (Å²) >= 11 is 1.49. The minimum atomic E-state index is -1.46. The summed E-state index contributed by atoms with van der Waals surface area (Å²) in [6.45, 7) is 6.82. The van der Waals surface area contributed by atoms with Crippen molar-refractivity contribution >= 4 is 40.9 Å². The van der Waals surface area contributed by atoms with E-state index in [2.05, 4.69) is 20.6 Å². The molecule has 3 N–H and O–H groups in total. The number of carbonyl (C=O) groups excluding carboxylic acids is 3. The third-order valence-electron chi connectivity index (χ3n) is 9.91. The zero-order valence-electron chi connectivity index (χ0n) is 28.4. The van der Waals surface area contributed by atoms with E-state index >= 15 is 0 Å². The maximum absolute atomic E-state index is 14.4. The van der Waals surface area contributed by atoms with Crippen molar-refractivity contribution in [2.24, 2.45) is 5.92 Å². The van der Waals surface area contributed by atoms with Crippen molar-refractivity contribution in [1.82, 2.24) is 25.3 Å². The normalized spacial score (nSPS) is 27.8. The number of ether oxygens (including phenoxy) is 1. The summed E-state index contributed by atoms with van der Waals surface area (Å²) in [5.74, 6) is -2.59. The summed E-state index contributed by atoms with van der Waals surface area (Å²) < 4.78 is 6.85. The van der Waals surface area contributed by atoms with Gasteiger partial charge >= 0.3 is 12.1 Å². The Morgan fingerprint density at radius 2 is 1.90 bits per heavy atom. The third-order valence-corrected chi connectivity index (χ3v) is 10.6. The maximum atomic E-state index is 14.4. The molecular formula is C35H46N6O7S. The molecule has 2 aromatic heterocycles. The molecule has 2 aromatic rings. The second kappa shape index (κ2) is 14.0. The summed E-state index contributed by atoms with van der Waals surface area (Å²) in [7, 11) is 0. The van der Waals surface area contributed by atoms with Crippen molar-refractivity contribution in [2.45, 2.75) is 108 Å². The summed E-state index contributed by atoms with van der Waals surface area (Å²) in [5, 5.41) is 24.2. The van der Waals surface area contributed by atoms with Crippen LogP contribution >= 0.6 is 11.3 Å². The van der Waals surface area contributed by atoms with Gasteiger partial charge in [0, 0.05) is 37.5 Å². The van der Waals surface area contributed by atoms with Gasteiger partial charge in [0.1, 0.15) is 23.2 Å². The van der Waals surface area contributed by atoms with Crippen LogP contribution in [-0.2, 0) is 19.1 Å². The number of thiophene rings is 1. The number of carboxylic acid groups (broad SMARTS) is 1. The van der Waals surface area contributed by atoms with Crippen molar-refractivity contribution in [3.8, 4) is 11.1 Å². The van der Waals surface area contributed by atoms with Gasteiger partial charge in [-0.3, -0.25) is 14.4 Å². The van der Waals surface area contributed by atoms with Gasteiger partial charge in [0.15, 0.2) is 0 Å². The van der Waals surface area contributed by atoms with Gasteiger partial charge in [-0.1, -0.05) is 25.0 Å². The lowest BCUT2D eigenvalue weighted by atomic mass is 10.0. The first-order valence-corrected chi connectivity index (χ1v) is 18.2. The second-order valence-electron chi connectivity index (χ2n) is 14.6. The highest BCUT2D eigenvalue weighted by Crippen LogP contribution is 2.45. The Hall–Kier alpha value is -4.20. The second-order valence-corrected chi connectivity index (χ2v) is 15.4. The Bertz CT molecular complexity index is 1660. The van der Waals surface area contributed by atoms with E-state index in [1.54, 1.807) is 27.0 Å². The van der Waals surface area contributed by atoms with Gasteiger partial charge in [-0.15, -0.1) is 0 Å². The number of nitrogens with zero attached hydrogens (tertiary/aromatic N) is 4. The van der Waals surface area contributed by atoms with Crippen molar-refractivity contribution in [3.63, 3.8) is 0 Å². The summed E-state index contributed by atoms with van der Waals surface area (Å²) in [6, 6.07) is -0.854. The van der Waals surface area contributed by atoms with Gasteiger partial charge < -0.3 is 30.3 Å². The number of rotatable bonds is 5. The lowest BCUT2D eigenvalue weighted by molar-refractivity contribution is -0.145. The van der Waals surface area contributed by atoms with Crippen LogP contribution in [0.1, 0.15) is 84.6 Å². The highest BCUT2D eigenvalue weighted by Gasteiger charge is 2.61. The molecule has 264 valence electrons. The third kappa shape index (κ3) is 7.38. The van der Waals surface area contributed by atoms with Gasteiger partial charge in [0.2, 0.25) is 11.8 Å². The molecule has 0 aromatic carbocycles. The predicted octanol–water partition coefficient (Wildman–Crippen LogP) is 4.09. The predicted molar refractivity (Wildman–Crippen MR) is 184 cm³/mol. The summed E-state index contributed by atoms with van der Waals surface area (Å²) in [6.07, 6.45) is 10.4. The molecule has 0 bridgehead atoms. The van der Waals surface area contributed by atoms with Crippen molar-refractivity contribution in [2.75, 3.05) is 24.5 Å². The molecule has 0 spiro atoms. The van der Waals surface area contributed by atoms with Crippen molar-refractivity contribution in [1.29, 1.82) is 0 Å². The van der Waals surface area contributed by atoms with Crippen LogP contribution in [-0.4, -0.2) is 86.5 Å². The Balaban J connectivity index is 1.36. The molecule has 14 heteroatoms. The molecule has 1 saturated carbocycles. The summed E-state index contributed by atoms with van der Waals surface area (Å²) in [4.78, 5) is 71.7. The molecule has 5 heterocycles. The van der Waals surface area contributed by atoms with Crippen LogP contribution in [0.5, 0.6) is 0 Å². The van der Waals surface area contributed by atoms with Gasteiger partial charge in [0.25, 0.3) is 5.56 Å². The maximum Gasteiger partial charge on any atom is 0.408 e. The van der Waals surface area contributed by atoms with Crippen LogP contribution in [0.15, 0.2) is 40.0 Å². The molecule has 0 radical (unpaired) electrons. The smallest absolute Gasteiger partial charge is 0.408 e. The minimum absolute atomic E-state index is 0.0220. The number of aromatic nitrogens is 2. The lowest BCUT2D eigenvalue weighted by Crippen LogP contribution is -2.56. The Morgan fingerprint density at radius 1 is 1.12 bits per heavy atom. The highest BCUT2D eigenvalue weighted by atomic mass is 32.1. The fraction of sp³-hybridized carbons (Fsp3) is 0.600. The average molecular weight is 695 g/mol. The van der Waals surface area contributed by atoms with E-state index < -0.39 is 53.1 Å². The monoisotopic (exact) mass is 694 g/mol.